The first kappa shape index (κ1) is 21.1. The Labute approximate surface area is 170 Å². The van der Waals surface area contributed by atoms with E-state index in [0.717, 1.165) is 6.42 Å². The smallest absolute Gasteiger partial charge is 0.243 e. The molecule has 0 amide bonds. The quantitative estimate of drug-likeness (QED) is 0.743. The van der Waals surface area contributed by atoms with Gasteiger partial charge >= 0.3 is 0 Å². The van der Waals surface area contributed by atoms with Crippen molar-refractivity contribution in [2.75, 3.05) is 25.0 Å². The van der Waals surface area contributed by atoms with E-state index in [1.807, 2.05) is 19.9 Å². The summed E-state index contributed by atoms with van der Waals surface area (Å²) in [7, 11) is -1.96. The number of sulfonamides is 1. The Balaban J connectivity index is 1.83. The first-order valence-corrected chi connectivity index (χ1v) is 10.9. The summed E-state index contributed by atoms with van der Waals surface area (Å²) in [6.45, 7) is 4.36. The lowest BCUT2D eigenvalue weighted by Gasteiger charge is -2.37. The van der Waals surface area contributed by atoms with E-state index in [9.17, 15) is 12.8 Å². The van der Waals surface area contributed by atoms with Gasteiger partial charge in [-0.1, -0.05) is 13.8 Å². The molecule has 2 heterocycles. The molecule has 0 radical (unpaired) electrons. The SMILES string of the molecule is CC(C)c1ncnc(N(C)C2CCCN(S(=O)(=O)c3ccc(C#N)cc3)C2)c1F. The number of aromatic nitrogens is 2. The van der Waals surface area contributed by atoms with Gasteiger partial charge in [0.05, 0.1) is 22.2 Å². The minimum Gasteiger partial charge on any atom is -0.353 e. The van der Waals surface area contributed by atoms with Gasteiger partial charge < -0.3 is 4.90 Å². The maximum atomic E-state index is 14.9. The normalized spacial score (nSPS) is 17.9. The number of piperidine rings is 1. The van der Waals surface area contributed by atoms with Crippen LogP contribution < -0.4 is 4.90 Å². The van der Waals surface area contributed by atoms with Gasteiger partial charge in [-0.2, -0.15) is 9.57 Å². The number of hydrogen-bond acceptors (Lipinski definition) is 6. The first-order chi connectivity index (χ1) is 13.8. The molecule has 154 valence electrons. The van der Waals surface area contributed by atoms with Gasteiger partial charge in [-0.25, -0.2) is 22.8 Å². The number of hydrogen-bond donors (Lipinski definition) is 0. The molecule has 1 fully saturated rings. The highest BCUT2D eigenvalue weighted by atomic mass is 32.2. The molecule has 1 aromatic carbocycles. The van der Waals surface area contributed by atoms with Crippen LogP contribution in [0.15, 0.2) is 35.5 Å². The van der Waals surface area contributed by atoms with Gasteiger partial charge in [0.2, 0.25) is 10.0 Å². The van der Waals surface area contributed by atoms with Crippen LogP contribution in [0.2, 0.25) is 0 Å². The number of nitrogens with zero attached hydrogens (tertiary/aromatic N) is 5. The molecular weight excluding hydrogens is 393 g/mol. The van der Waals surface area contributed by atoms with Gasteiger partial charge in [-0.05, 0) is 43.0 Å². The van der Waals surface area contributed by atoms with Crippen LogP contribution >= 0.6 is 0 Å². The number of anilines is 1. The molecule has 0 saturated carbocycles. The second-order valence-electron chi connectivity index (χ2n) is 7.46. The fourth-order valence-electron chi connectivity index (χ4n) is 3.50. The molecule has 1 atom stereocenters. The summed E-state index contributed by atoms with van der Waals surface area (Å²) in [5.41, 5.74) is 0.750. The number of nitriles is 1. The third-order valence-electron chi connectivity index (χ3n) is 5.21. The van der Waals surface area contributed by atoms with Gasteiger partial charge in [0.15, 0.2) is 11.6 Å². The second-order valence-corrected chi connectivity index (χ2v) is 9.40. The van der Waals surface area contributed by atoms with Crippen molar-refractivity contribution in [3.8, 4) is 6.07 Å². The number of halogens is 1. The van der Waals surface area contributed by atoms with Gasteiger partial charge in [-0.15, -0.1) is 0 Å². The minimum absolute atomic E-state index is 0.0789. The predicted molar refractivity (Wildman–Crippen MR) is 107 cm³/mol. The standard InChI is InChI=1S/C20H24FN5O2S/c1-14(2)19-18(21)20(24-13-23-19)25(3)16-5-4-10-26(12-16)29(27,28)17-8-6-15(11-22)7-9-17/h6-9,13-14,16H,4-5,10,12H2,1-3H3. The summed E-state index contributed by atoms with van der Waals surface area (Å²) in [6, 6.07) is 7.64. The Hall–Kier alpha value is -2.57. The minimum atomic E-state index is -3.70. The molecule has 0 bridgehead atoms. The summed E-state index contributed by atoms with van der Waals surface area (Å²) in [4.78, 5) is 9.99. The highest BCUT2D eigenvalue weighted by Crippen LogP contribution is 2.28. The molecule has 1 saturated heterocycles. The maximum absolute atomic E-state index is 14.9. The van der Waals surface area contributed by atoms with Crippen LogP contribution in [0, 0.1) is 17.1 Å². The largest absolute Gasteiger partial charge is 0.353 e. The molecule has 7 nitrogen and oxygen atoms in total. The topological polar surface area (TPSA) is 90.2 Å². The third kappa shape index (κ3) is 4.23. The zero-order valence-electron chi connectivity index (χ0n) is 16.7. The van der Waals surface area contributed by atoms with E-state index < -0.39 is 15.8 Å². The average molecular weight is 418 g/mol. The van der Waals surface area contributed by atoms with Crippen LogP contribution in [0.25, 0.3) is 0 Å². The maximum Gasteiger partial charge on any atom is 0.243 e. The van der Waals surface area contributed by atoms with Crippen LogP contribution in [0.3, 0.4) is 0 Å². The Morgan fingerprint density at radius 1 is 1.28 bits per heavy atom. The molecule has 0 aliphatic carbocycles. The lowest BCUT2D eigenvalue weighted by Crippen LogP contribution is -2.49. The molecular formula is C20H24FN5O2S. The lowest BCUT2D eigenvalue weighted by molar-refractivity contribution is 0.308. The number of benzene rings is 1. The van der Waals surface area contributed by atoms with Crippen LogP contribution in [0.1, 0.15) is 43.9 Å². The number of likely N-dealkylation sites (N-methyl/N-ethyl adjacent to an activating group) is 1. The molecule has 2 aromatic rings. The van der Waals surface area contributed by atoms with Crippen molar-refractivity contribution in [3.63, 3.8) is 0 Å². The van der Waals surface area contributed by atoms with Crippen molar-refractivity contribution in [2.45, 2.75) is 43.5 Å². The molecule has 0 spiro atoms. The molecule has 1 aliphatic heterocycles. The molecule has 29 heavy (non-hydrogen) atoms. The van der Waals surface area contributed by atoms with E-state index in [4.69, 9.17) is 5.26 Å². The molecule has 9 heteroatoms. The van der Waals surface area contributed by atoms with Crippen molar-refractivity contribution in [3.05, 3.63) is 47.7 Å². The van der Waals surface area contributed by atoms with Crippen molar-refractivity contribution in [2.24, 2.45) is 0 Å². The average Bonchev–Trinajstić information content (AvgIpc) is 2.73. The summed E-state index contributed by atoms with van der Waals surface area (Å²) >= 11 is 0. The fraction of sp³-hybridized carbons (Fsp3) is 0.450. The Kier molecular flexibility index (Phi) is 6.15. The monoisotopic (exact) mass is 417 g/mol. The molecule has 3 rings (SSSR count). The van der Waals surface area contributed by atoms with Crippen LogP contribution in [-0.2, 0) is 10.0 Å². The van der Waals surface area contributed by atoms with E-state index >= 15 is 0 Å². The molecule has 1 aliphatic rings. The summed E-state index contributed by atoms with van der Waals surface area (Å²) in [5.74, 6) is -0.354. The van der Waals surface area contributed by atoms with Gasteiger partial charge in [0.25, 0.3) is 0 Å². The molecule has 0 N–H and O–H groups in total. The highest BCUT2D eigenvalue weighted by molar-refractivity contribution is 7.89. The predicted octanol–water partition coefficient (Wildman–Crippen LogP) is 2.90. The zero-order chi connectivity index (χ0) is 21.2. The van der Waals surface area contributed by atoms with E-state index in [2.05, 4.69) is 9.97 Å². The van der Waals surface area contributed by atoms with Crippen molar-refractivity contribution in [1.29, 1.82) is 5.26 Å². The van der Waals surface area contributed by atoms with Gasteiger partial charge in [0.1, 0.15) is 6.33 Å². The Morgan fingerprint density at radius 2 is 1.97 bits per heavy atom. The molecule has 1 unspecified atom stereocenters. The van der Waals surface area contributed by atoms with Crippen LogP contribution in [0.4, 0.5) is 10.2 Å². The summed E-state index contributed by atoms with van der Waals surface area (Å²) in [5, 5.41) is 8.90. The fourth-order valence-corrected chi connectivity index (χ4v) is 5.02. The van der Waals surface area contributed by atoms with Crippen molar-refractivity contribution >= 4 is 15.8 Å². The second kappa shape index (κ2) is 8.43. The van der Waals surface area contributed by atoms with Gasteiger partial charge in [-0.3, -0.25) is 0 Å². The zero-order valence-corrected chi connectivity index (χ0v) is 17.5. The van der Waals surface area contributed by atoms with Crippen LogP contribution in [0.5, 0.6) is 0 Å². The van der Waals surface area contributed by atoms with E-state index in [-0.39, 0.29) is 29.2 Å². The van der Waals surface area contributed by atoms with Crippen molar-refractivity contribution in [1.82, 2.24) is 14.3 Å². The van der Waals surface area contributed by atoms with Gasteiger partial charge in [0, 0.05) is 26.2 Å². The van der Waals surface area contributed by atoms with E-state index in [1.54, 1.807) is 11.9 Å². The molecule has 1 aromatic heterocycles. The summed E-state index contributed by atoms with van der Waals surface area (Å²) in [6.07, 6.45) is 2.74. The van der Waals surface area contributed by atoms with E-state index in [1.165, 1.54) is 34.9 Å². The van der Waals surface area contributed by atoms with Crippen molar-refractivity contribution < 1.29 is 12.8 Å². The van der Waals surface area contributed by atoms with E-state index in [0.29, 0.717) is 24.2 Å². The van der Waals surface area contributed by atoms with Crippen LogP contribution in [-0.4, -0.2) is 48.9 Å². The summed E-state index contributed by atoms with van der Waals surface area (Å²) < 4.78 is 42.3. The first-order valence-electron chi connectivity index (χ1n) is 9.49. The third-order valence-corrected chi connectivity index (χ3v) is 7.09. The highest BCUT2D eigenvalue weighted by Gasteiger charge is 2.33. The Bertz CT molecular complexity index is 1020. The Morgan fingerprint density at radius 3 is 2.59 bits per heavy atom. The lowest BCUT2D eigenvalue weighted by atomic mass is 10.1. The number of rotatable bonds is 5.